The molecule has 77 heavy (non-hydrogen) atoms. The second-order valence-corrected chi connectivity index (χ2v) is 26.9. The molecule has 9 N–H and O–H groups in total. The highest BCUT2D eigenvalue weighted by atomic mass is 33.1. The quantitative estimate of drug-likeness (QED) is 0.0475. The average Bonchev–Trinajstić information content (AvgIpc) is 4.27. The molecule has 426 valence electrons. The number of allylic oxidation sites excluding steroid dienone is 1. The highest BCUT2D eigenvalue weighted by Crippen LogP contribution is 2.69. The summed E-state index contributed by atoms with van der Waals surface area (Å²) in [7, 11) is 5.40. The Morgan fingerprint density at radius 3 is 2.60 bits per heavy atom. The number of fused-ring (bicyclic) bond motifs is 11. The van der Waals surface area contributed by atoms with Gasteiger partial charge < -0.3 is 69.7 Å². The molecule has 3 saturated carbocycles. The van der Waals surface area contributed by atoms with Crippen LogP contribution in [0, 0.1) is 40.9 Å². The van der Waals surface area contributed by atoms with E-state index in [1.54, 1.807) is 42.2 Å². The van der Waals surface area contributed by atoms with Gasteiger partial charge in [0.2, 0.25) is 12.0 Å². The Labute approximate surface area is 462 Å². The Bertz CT molecular complexity index is 2500. The van der Waals surface area contributed by atoms with Crippen molar-refractivity contribution in [1.82, 2.24) is 10.6 Å². The molecular formula is C60H86N2O13S2. The van der Waals surface area contributed by atoms with Gasteiger partial charge in [0.25, 0.3) is 0 Å². The van der Waals surface area contributed by atoms with Crippen LogP contribution in [0.15, 0.2) is 65.3 Å². The molecule has 7 aliphatic rings. The number of benzene rings is 2. The first kappa shape index (κ1) is 57.3. The van der Waals surface area contributed by atoms with E-state index in [0.717, 1.165) is 70.8 Å². The highest BCUT2D eigenvalue weighted by molar-refractivity contribution is 8.77. The number of furan rings is 1. The lowest BCUT2D eigenvalue weighted by molar-refractivity contribution is -0.424. The minimum absolute atomic E-state index is 0.00238. The molecule has 3 aliphatic heterocycles. The SMILES string of the molecule is CCOC(=O)CCc1cc2ccoc2c2c1OC1OC3(CSSC4(CCC5(CCC(CNC)C5)C4CCC(O)CCc4ccccc4)C(CCC(C)CCCC3O)NCCO2)C2(O)CC3C=CC(O)C(CO)C3C1(O)C2O. The van der Waals surface area contributed by atoms with Crippen LogP contribution in [0.3, 0.4) is 0 Å². The van der Waals surface area contributed by atoms with Gasteiger partial charge in [-0.1, -0.05) is 83.8 Å². The van der Waals surface area contributed by atoms with Crippen molar-refractivity contribution in [3.63, 3.8) is 0 Å². The molecule has 0 amide bonds. The topological polar surface area (TPSA) is 233 Å². The summed E-state index contributed by atoms with van der Waals surface area (Å²) < 4.78 is 32.6. The van der Waals surface area contributed by atoms with Gasteiger partial charge in [-0.05, 0) is 163 Å². The molecule has 1 aromatic heterocycles. The van der Waals surface area contributed by atoms with Crippen molar-refractivity contribution in [2.75, 3.05) is 45.7 Å². The Morgan fingerprint density at radius 1 is 0.974 bits per heavy atom. The Hall–Kier alpha value is -2.91. The largest absolute Gasteiger partial charge is 0.485 e. The van der Waals surface area contributed by atoms with Crippen molar-refractivity contribution in [3.8, 4) is 11.5 Å². The van der Waals surface area contributed by atoms with Crippen LogP contribution in [0.2, 0.25) is 0 Å². The summed E-state index contributed by atoms with van der Waals surface area (Å²) in [6, 6.07) is 14.0. The van der Waals surface area contributed by atoms with Crippen LogP contribution in [0.1, 0.15) is 121 Å². The van der Waals surface area contributed by atoms with E-state index in [-0.39, 0.29) is 79.4 Å². The van der Waals surface area contributed by atoms with Crippen LogP contribution < -0.4 is 20.1 Å². The molecule has 17 heteroatoms. The van der Waals surface area contributed by atoms with Gasteiger partial charge in [0, 0.05) is 53.3 Å². The smallest absolute Gasteiger partial charge is 0.306 e. The third-order valence-corrected chi connectivity index (χ3v) is 23.2. The summed E-state index contributed by atoms with van der Waals surface area (Å²) in [5.74, 6) is -1.96. The fourth-order valence-electron chi connectivity index (χ4n) is 16.0. The maximum atomic E-state index is 13.8. The number of esters is 1. The third-order valence-electron chi connectivity index (χ3n) is 19.8. The predicted octanol–water partition coefficient (Wildman–Crippen LogP) is 7.02. The minimum atomic E-state index is -2.50. The lowest BCUT2D eigenvalue weighted by Gasteiger charge is -2.67. The zero-order valence-corrected chi connectivity index (χ0v) is 47.0. The van der Waals surface area contributed by atoms with E-state index in [0.29, 0.717) is 48.3 Å². The molecule has 5 fully saturated rings. The fourth-order valence-corrected chi connectivity index (χ4v) is 20.2. The Morgan fingerprint density at radius 2 is 1.81 bits per heavy atom. The number of carbonyl (C=O) groups is 1. The molecule has 2 saturated heterocycles. The van der Waals surface area contributed by atoms with Crippen LogP contribution in [0.5, 0.6) is 11.5 Å². The number of nitrogens with one attached hydrogen (secondary N) is 2. The van der Waals surface area contributed by atoms with E-state index in [1.807, 2.05) is 42.1 Å². The van der Waals surface area contributed by atoms with Crippen molar-refractivity contribution < 1.29 is 63.9 Å². The lowest BCUT2D eigenvalue weighted by Crippen LogP contribution is -2.86. The van der Waals surface area contributed by atoms with Gasteiger partial charge in [-0.15, -0.1) is 0 Å². The summed E-state index contributed by atoms with van der Waals surface area (Å²) in [5.41, 5.74) is -4.67. The molecule has 17 atom stereocenters. The van der Waals surface area contributed by atoms with Crippen LogP contribution in [-0.2, 0) is 27.1 Å². The van der Waals surface area contributed by atoms with Crippen molar-refractivity contribution >= 4 is 38.5 Å². The molecule has 4 heterocycles. The summed E-state index contributed by atoms with van der Waals surface area (Å²) >= 11 is 0. The summed E-state index contributed by atoms with van der Waals surface area (Å²) in [6.07, 6.45) is 9.50. The number of aliphatic hydroxyl groups is 7. The van der Waals surface area contributed by atoms with E-state index in [9.17, 15) is 40.5 Å². The van der Waals surface area contributed by atoms with Crippen LogP contribution in [-0.4, -0.2) is 146 Å². The number of rotatable bonds is 13. The number of carbonyl (C=O) groups excluding carboxylic acids is 1. The minimum Gasteiger partial charge on any atom is -0.485 e. The molecule has 0 radical (unpaired) electrons. The molecule has 3 spiro atoms. The van der Waals surface area contributed by atoms with Crippen molar-refractivity contribution in [1.29, 1.82) is 0 Å². The molecule has 10 rings (SSSR count). The number of ether oxygens (including phenoxy) is 4. The van der Waals surface area contributed by atoms with E-state index in [4.69, 9.17) is 23.4 Å². The van der Waals surface area contributed by atoms with E-state index in [2.05, 4.69) is 29.7 Å². The van der Waals surface area contributed by atoms with Gasteiger partial charge in [0.05, 0.1) is 31.2 Å². The van der Waals surface area contributed by atoms with Crippen molar-refractivity contribution in [2.45, 2.75) is 181 Å². The molecule has 5 bridgehead atoms. The number of hydrogen-bond donors (Lipinski definition) is 9. The number of aliphatic hydroxyl groups excluding tert-OH is 5. The predicted molar refractivity (Wildman–Crippen MR) is 297 cm³/mol. The second-order valence-electron chi connectivity index (χ2n) is 24.2. The summed E-state index contributed by atoms with van der Waals surface area (Å²) in [4.78, 5) is 13.1. The first-order chi connectivity index (χ1) is 37.1. The van der Waals surface area contributed by atoms with E-state index < -0.39 is 82.6 Å². The number of aryl methyl sites for hydroxylation is 2. The zero-order chi connectivity index (χ0) is 54.2. The van der Waals surface area contributed by atoms with Gasteiger partial charge >= 0.3 is 5.97 Å². The molecular weight excluding hydrogens is 1020 g/mol. The molecule has 17 unspecified atom stereocenters. The zero-order valence-electron chi connectivity index (χ0n) is 45.4. The van der Waals surface area contributed by atoms with Crippen LogP contribution >= 0.6 is 21.6 Å². The first-order valence-electron chi connectivity index (χ1n) is 29.0. The molecule has 3 aromatic rings. The van der Waals surface area contributed by atoms with Crippen LogP contribution in [0.4, 0.5) is 0 Å². The van der Waals surface area contributed by atoms with Gasteiger partial charge in [0.15, 0.2) is 16.9 Å². The second kappa shape index (κ2) is 23.9. The fraction of sp³-hybridized carbons (Fsp3) is 0.717. The lowest BCUT2D eigenvalue weighted by atomic mass is 9.50. The average molecular weight is 1110 g/mol. The standard InChI is InChI=1S/C60H86N2O13S2/c1-4-71-49(67)22-16-40-31-41-24-29-72-51(41)53-52(40)74-55-60(70)50-42(15-19-45(65)44(50)35-63)33-58(69,54(60)68)59(75-55)36-76-77-57(47(62-28-30-73-53)21-13-37(2)9-8-12-48(59)66)27-26-56(25-23-39(32-56)34-61-3)46(57)20-18-43(64)17-14-38-10-6-5-7-11-38/h5-7,10-11,15,19,24,29,31,37,39,42-48,50,54-55,61-66,68-70H,4,8-9,12-14,16-18,20-23,25-28,30,32-36H2,1-3H3. The van der Waals surface area contributed by atoms with Crippen LogP contribution in [0.25, 0.3) is 11.0 Å². The Kier molecular flexibility index (Phi) is 17.8. The molecule has 15 nitrogen and oxygen atoms in total. The normalized spacial score (nSPS) is 39.7. The van der Waals surface area contributed by atoms with E-state index in [1.165, 1.54) is 5.56 Å². The highest BCUT2D eigenvalue weighted by Gasteiger charge is 2.78. The first-order valence-corrected chi connectivity index (χ1v) is 31.3. The van der Waals surface area contributed by atoms with E-state index >= 15 is 0 Å². The third kappa shape index (κ3) is 10.7. The molecule has 2 aromatic carbocycles. The summed E-state index contributed by atoms with van der Waals surface area (Å²) in [6.45, 7) is 5.21. The summed E-state index contributed by atoms with van der Waals surface area (Å²) in [5, 5.41) is 96.5. The van der Waals surface area contributed by atoms with Gasteiger partial charge in [-0.25, -0.2) is 0 Å². The number of hydrogen-bond acceptors (Lipinski definition) is 17. The van der Waals surface area contributed by atoms with Gasteiger partial charge in [-0.2, -0.15) is 0 Å². The Balaban J connectivity index is 1.13. The monoisotopic (exact) mass is 1110 g/mol. The van der Waals surface area contributed by atoms with Gasteiger partial charge in [-0.3, -0.25) is 4.79 Å². The van der Waals surface area contributed by atoms with Crippen molar-refractivity contribution in [2.24, 2.45) is 40.9 Å². The van der Waals surface area contributed by atoms with Crippen molar-refractivity contribution in [3.05, 3.63) is 72.0 Å². The van der Waals surface area contributed by atoms with Gasteiger partial charge in [0.1, 0.15) is 23.9 Å². The molecule has 4 aliphatic carbocycles. The maximum Gasteiger partial charge on any atom is 0.306 e. The maximum absolute atomic E-state index is 13.8.